The van der Waals surface area contributed by atoms with E-state index in [4.69, 9.17) is 16.3 Å². The lowest BCUT2D eigenvalue weighted by Gasteiger charge is -2.34. The highest BCUT2D eigenvalue weighted by atomic mass is 35.5. The molecular formula is C12H21ClO2. The SMILES string of the molecule is COC1CC(C(=O)C(C)(C)C)CCC1Cl. The number of carbonyl (C=O) groups is 1. The lowest BCUT2D eigenvalue weighted by Crippen LogP contribution is -2.38. The second-order valence-corrected chi connectivity index (χ2v) is 5.97. The lowest BCUT2D eigenvalue weighted by atomic mass is 9.75. The first-order valence-electron chi connectivity index (χ1n) is 5.57. The van der Waals surface area contributed by atoms with Crippen LogP contribution in [-0.2, 0) is 9.53 Å². The van der Waals surface area contributed by atoms with Crippen LogP contribution in [0.2, 0.25) is 0 Å². The van der Waals surface area contributed by atoms with Gasteiger partial charge in [0.15, 0.2) is 0 Å². The summed E-state index contributed by atoms with van der Waals surface area (Å²) in [6.45, 7) is 5.93. The first-order chi connectivity index (χ1) is 6.86. The van der Waals surface area contributed by atoms with E-state index < -0.39 is 0 Å². The number of methoxy groups -OCH3 is 1. The summed E-state index contributed by atoms with van der Waals surface area (Å²) >= 11 is 6.13. The number of ether oxygens (including phenoxy) is 1. The number of hydrogen-bond acceptors (Lipinski definition) is 2. The molecule has 2 nitrogen and oxygen atoms in total. The van der Waals surface area contributed by atoms with Crippen molar-refractivity contribution in [3.05, 3.63) is 0 Å². The fourth-order valence-electron chi connectivity index (χ4n) is 2.19. The van der Waals surface area contributed by atoms with E-state index in [1.165, 1.54) is 0 Å². The molecule has 3 atom stereocenters. The minimum Gasteiger partial charge on any atom is -0.380 e. The van der Waals surface area contributed by atoms with E-state index >= 15 is 0 Å². The molecule has 0 saturated heterocycles. The topological polar surface area (TPSA) is 26.3 Å². The Morgan fingerprint density at radius 2 is 1.93 bits per heavy atom. The van der Waals surface area contributed by atoms with Crippen LogP contribution in [0.3, 0.4) is 0 Å². The predicted molar refractivity (Wildman–Crippen MR) is 62.2 cm³/mol. The Bertz CT molecular complexity index is 232. The van der Waals surface area contributed by atoms with Gasteiger partial charge in [0.2, 0.25) is 0 Å². The minimum atomic E-state index is -0.248. The van der Waals surface area contributed by atoms with E-state index in [2.05, 4.69) is 0 Å². The largest absolute Gasteiger partial charge is 0.380 e. The molecule has 15 heavy (non-hydrogen) atoms. The summed E-state index contributed by atoms with van der Waals surface area (Å²) in [7, 11) is 1.67. The van der Waals surface area contributed by atoms with Crippen molar-refractivity contribution >= 4 is 17.4 Å². The molecule has 0 radical (unpaired) electrons. The van der Waals surface area contributed by atoms with Crippen molar-refractivity contribution in [1.82, 2.24) is 0 Å². The maximum Gasteiger partial charge on any atom is 0.141 e. The minimum absolute atomic E-state index is 0.0386. The number of rotatable bonds is 2. The Morgan fingerprint density at radius 1 is 1.33 bits per heavy atom. The number of hydrogen-bond donors (Lipinski definition) is 0. The van der Waals surface area contributed by atoms with Crippen molar-refractivity contribution in [2.24, 2.45) is 11.3 Å². The summed E-state index contributed by atoms with van der Waals surface area (Å²) in [5.41, 5.74) is -0.248. The molecule has 1 aliphatic rings. The molecule has 1 saturated carbocycles. The fourth-order valence-corrected chi connectivity index (χ4v) is 2.52. The van der Waals surface area contributed by atoms with Crippen LogP contribution in [0.5, 0.6) is 0 Å². The highest BCUT2D eigenvalue weighted by molar-refractivity contribution is 6.21. The van der Waals surface area contributed by atoms with Crippen LogP contribution < -0.4 is 0 Å². The van der Waals surface area contributed by atoms with E-state index in [9.17, 15) is 4.79 Å². The molecule has 0 spiro atoms. The Morgan fingerprint density at radius 3 is 2.40 bits per heavy atom. The van der Waals surface area contributed by atoms with Gasteiger partial charge in [0.05, 0.1) is 11.5 Å². The molecule has 0 amide bonds. The van der Waals surface area contributed by atoms with Crippen LogP contribution in [0, 0.1) is 11.3 Å². The van der Waals surface area contributed by atoms with Crippen LogP contribution in [0.1, 0.15) is 40.0 Å². The normalized spacial score (nSPS) is 32.7. The number of carbonyl (C=O) groups excluding carboxylic acids is 1. The van der Waals surface area contributed by atoms with Gasteiger partial charge in [-0.05, 0) is 19.3 Å². The second-order valence-electron chi connectivity index (χ2n) is 5.41. The Kier molecular flexibility index (Phi) is 4.19. The summed E-state index contributed by atoms with van der Waals surface area (Å²) in [6, 6.07) is 0. The molecule has 0 aliphatic heterocycles. The fraction of sp³-hybridized carbons (Fsp3) is 0.917. The van der Waals surface area contributed by atoms with Crippen molar-refractivity contribution in [3.63, 3.8) is 0 Å². The highest BCUT2D eigenvalue weighted by Crippen LogP contribution is 2.34. The van der Waals surface area contributed by atoms with Crippen molar-refractivity contribution in [2.45, 2.75) is 51.5 Å². The van der Waals surface area contributed by atoms with Gasteiger partial charge in [-0.2, -0.15) is 0 Å². The number of halogens is 1. The Labute approximate surface area is 97.3 Å². The molecule has 0 N–H and O–H groups in total. The second kappa shape index (κ2) is 4.84. The summed E-state index contributed by atoms with van der Waals surface area (Å²) in [5, 5.41) is 0.0685. The molecule has 1 fully saturated rings. The first-order valence-corrected chi connectivity index (χ1v) is 6.01. The average Bonchev–Trinajstić information content (AvgIpc) is 2.16. The summed E-state index contributed by atoms with van der Waals surface area (Å²) in [5.74, 6) is 0.470. The Hall–Kier alpha value is -0.0800. The van der Waals surface area contributed by atoms with Gasteiger partial charge in [-0.1, -0.05) is 20.8 Å². The molecule has 0 bridgehead atoms. The number of Topliss-reactive ketones (excluding diaryl/α,β-unsaturated/α-hetero) is 1. The third kappa shape index (κ3) is 3.18. The maximum atomic E-state index is 12.1. The zero-order chi connectivity index (χ0) is 11.6. The van der Waals surface area contributed by atoms with Crippen molar-refractivity contribution in [2.75, 3.05) is 7.11 Å². The standard InChI is InChI=1S/C12H21ClO2/c1-12(2,3)11(14)8-5-6-9(13)10(7-8)15-4/h8-10H,5-7H2,1-4H3. The molecule has 0 aromatic heterocycles. The van der Waals surface area contributed by atoms with Gasteiger partial charge in [-0.3, -0.25) is 4.79 Å². The summed E-state index contributed by atoms with van der Waals surface area (Å²) in [4.78, 5) is 12.1. The zero-order valence-corrected chi connectivity index (χ0v) is 10.8. The van der Waals surface area contributed by atoms with E-state index in [0.29, 0.717) is 5.78 Å². The van der Waals surface area contributed by atoms with Crippen LogP contribution in [0.15, 0.2) is 0 Å². The zero-order valence-electron chi connectivity index (χ0n) is 10.0. The number of ketones is 1. The van der Waals surface area contributed by atoms with Crippen LogP contribution in [0.4, 0.5) is 0 Å². The van der Waals surface area contributed by atoms with Crippen molar-refractivity contribution in [1.29, 1.82) is 0 Å². The van der Waals surface area contributed by atoms with Gasteiger partial charge < -0.3 is 4.74 Å². The molecule has 3 unspecified atom stereocenters. The maximum absolute atomic E-state index is 12.1. The number of alkyl halides is 1. The molecule has 3 heteroatoms. The molecule has 88 valence electrons. The molecule has 1 aliphatic carbocycles. The monoisotopic (exact) mass is 232 g/mol. The quantitative estimate of drug-likeness (QED) is 0.685. The van der Waals surface area contributed by atoms with Gasteiger partial charge in [-0.15, -0.1) is 11.6 Å². The average molecular weight is 233 g/mol. The van der Waals surface area contributed by atoms with Crippen LogP contribution in [-0.4, -0.2) is 24.4 Å². The van der Waals surface area contributed by atoms with Crippen molar-refractivity contribution < 1.29 is 9.53 Å². The third-order valence-corrected chi connectivity index (χ3v) is 3.62. The third-order valence-electron chi connectivity index (χ3n) is 3.12. The first kappa shape index (κ1) is 13.0. The van der Waals surface area contributed by atoms with E-state index in [1.807, 2.05) is 20.8 Å². The smallest absolute Gasteiger partial charge is 0.141 e. The van der Waals surface area contributed by atoms with Crippen molar-refractivity contribution in [3.8, 4) is 0 Å². The summed E-state index contributed by atoms with van der Waals surface area (Å²) < 4.78 is 5.31. The van der Waals surface area contributed by atoms with Gasteiger partial charge in [0.1, 0.15) is 5.78 Å². The molecule has 0 heterocycles. The molecular weight excluding hydrogens is 212 g/mol. The predicted octanol–water partition coefficient (Wildman–Crippen LogP) is 3.02. The van der Waals surface area contributed by atoms with E-state index in [1.54, 1.807) is 7.11 Å². The lowest BCUT2D eigenvalue weighted by molar-refractivity contribution is -0.132. The molecule has 0 aromatic carbocycles. The van der Waals surface area contributed by atoms with Crippen LogP contribution in [0.25, 0.3) is 0 Å². The van der Waals surface area contributed by atoms with Gasteiger partial charge in [0.25, 0.3) is 0 Å². The van der Waals surface area contributed by atoms with E-state index in [0.717, 1.165) is 19.3 Å². The van der Waals surface area contributed by atoms with Gasteiger partial charge in [0, 0.05) is 18.4 Å². The highest BCUT2D eigenvalue weighted by Gasteiger charge is 2.36. The molecule has 1 rings (SSSR count). The summed E-state index contributed by atoms with van der Waals surface area (Å²) in [6.07, 6.45) is 2.61. The van der Waals surface area contributed by atoms with Gasteiger partial charge >= 0.3 is 0 Å². The van der Waals surface area contributed by atoms with Gasteiger partial charge in [-0.25, -0.2) is 0 Å². The Balaban J connectivity index is 2.62. The molecule has 0 aromatic rings. The van der Waals surface area contributed by atoms with E-state index in [-0.39, 0.29) is 22.8 Å². The van der Waals surface area contributed by atoms with Crippen LogP contribution >= 0.6 is 11.6 Å².